The average Bonchev–Trinajstić information content (AvgIpc) is 3.25. The number of hydrogen-bond acceptors (Lipinski definition) is 5. The van der Waals surface area contributed by atoms with E-state index in [0.717, 1.165) is 32.2 Å². The van der Waals surface area contributed by atoms with E-state index in [4.69, 9.17) is 4.98 Å². The van der Waals surface area contributed by atoms with E-state index in [1.54, 1.807) is 11.3 Å². The first-order chi connectivity index (χ1) is 10.3. The molecule has 1 N–H and O–H groups in total. The Kier molecular flexibility index (Phi) is 4.95. The zero-order valence-electron chi connectivity index (χ0n) is 12.5. The molecule has 0 aliphatic heterocycles. The minimum absolute atomic E-state index is 0.746. The molecule has 0 amide bonds. The minimum Gasteiger partial charge on any atom is -0.308 e. The van der Waals surface area contributed by atoms with Gasteiger partial charge in [-0.3, -0.25) is 9.88 Å². The molecule has 0 aromatic carbocycles. The van der Waals surface area contributed by atoms with E-state index in [1.807, 2.05) is 12.4 Å². The van der Waals surface area contributed by atoms with E-state index < -0.39 is 0 Å². The minimum atomic E-state index is 0.746. The molecule has 0 saturated heterocycles. The van der Waals surface area contributed by atoms with Crippen molar-refractivity contribution < 1.29 is 0 Å². The average molecular weight is 302 g/mol. The van der Waals surface area contributed by atoms with Crippen molar-refractivity contribution in [1.82, 2.24) is 20.2 Å². The van der Waals surface area contributed by atoms with Gasteiger partial charge in [0.2, 0.25) is 0 Å². The molecule has 1 aliphatic rings. The predicted molar refractivity (Wildman–Crippen MR) is 86.0 cm³/mol. The van der Waals surface area contributed by atoms with Gasteiger partial charge in [0, 0.05) is 43.4 Å². The molecule has 2 aromatic heterocycles. The summed E-state index contributed by atoms with van der Waals surface area (Å²) in [6.07, 6.45) is 6.36. The molecule has 4 nitrogen and oxygen atoms in total. The van der Waals surface area contributed by atoms with Gasteiger partial charge >= 0.3 is 0 Å². The van der Waals surface area contributed by atoms with Crippen molar-refractivity contribution in [3.8, 4) is 0 Å². The van der Waals surface area contributed by atoms with Crippen LogP contribution in [0.25, 0.3) is 0 Å². The molecular formula is C16H22N4S. The molecule has 1 fully saturated rings. The molecule has 21 heavy (non-hydrogen) atoms. The van der Waals surface area contributed by atoms with Crippen molar-refractivity contribution in [2.45, 2.75) is 45.4 Å². The maximum absolute atomic E-state index is 4.74. The molecule has 0 bridgehead atoms. The number of aromatic nitrogens is 2. The normalized spacial score (nSPS) is 14.8. The van der Waals surface area contributed by atoms with Crippen LogP contribution < -0.4 is 5.32 Å². The summed E-state index contributed by atoms with van der Waals surface area (Å²) in [4.78, 5) is 11.2. The summed E-state index contributed by atoms with van der Waals surface area (Å²) < 4.78 is 0. The van der Waals surface area contributed by atoms with Gasteiger partial charge in [-0.15, -0.1) is 11.3 Å². The van der Waals surface area contributed by atoms with Crippen LogP contribution in [0.4, 0.5) is 0 Å². The Labute approximate surface area is 130 Å². The quantitative estimate of drug-likeness (QED) is 0.814. The summed E-state index contributed by atoms with van der Waals surface area (Å²) >= 11 is 1.77. The van der Waals surface area contributed by atoms with E-state index in [0.29, 0.717) is 0 Å². The van der Waals surface area contributed by atoms with Gasteiger partial charge in [-0.1, -0.05) is 6.92 Å². The number of nitrogens with one attached hydrogen (secondary N) is 1. The number of nitrogens with zero attached hydrogens (tertiary/aromatic N) is 3. The molecule has 5 heteroatoms. The molecule has 1 aliphatic carbocycles. The first kappa shape index (κ1) is 14.6. The lowest BCUT2D eigenvalue weighted by molar-refractivity contribution is 0.268. The first-order valence-corrected chi connectivity index (χ1v) is 8.49. The van der Waals surface area contributed by atoms with E-state index in [1.165, 1.54) is 29.1 Å². The van der Waals surface area contributed by atoms with Gasteiger partial charge in [0.25, 0.3) is 0 Å². The number of pyridine rings is 1. The van der Waals surface area contributed by atoms with Gasteiger partial charge in [-0.25, -0.2) is 4.98 Å². The van der Waals surface area contributed by atoms with Gasteiger partial charge < -0.3 is 5.32 Å². The van der Waals surface area contributed by atoms with Crippen LogP contribution in [0.3, 0.4) is 0 Å². The third-order valence-corrected chi connectivity index (χ3v) is 4.60. The molecule has 2 aromatic rings. The fourth-order valence-corrected chi connectivity index (χ4v) is 3.01. The van der Waals surface area contributed by atoms with Crippen LogP contribution in [0.2, 0.25) is 0 Å². The fraction of sp³-hybridized carbons (Fsp3) is 0.500. The molecule has 0 atom stereocenters. The lowest BCUT2D eigenvalue weighted by Crippen LogP contribution is -2.22. The van der Waals surface area contributed by atoms with E-state index in [-0.39, 0.29) is 0 Å². The standard InChI is InChI=1S/C16H22N4S/c1-2-20(10-13-5-7-17-8-6-13)11-15-12-21-16(19-15)9-18-14-3-4-14/h5-8,12,14,18H,2-4,9-11H2,1H3. The van der Waals surface area contributed by atoms with Crippen LogP contribution in [0.5, 0.6) is 0 Å². The Bertz CT molecular complexity index is 550. The first-order valence-electron chi connectivity index (χ1n) is 7.61. The van der Waals surface area contributed by atoms with Crippen molar-refractivity contribution in [2.75, 3.05) is 6.54 Å². The monoisotopic (exact) mass is 302 g/mol. The predicted octanol–water partition coefficient (Wildman–Crippen LogP) is 2.81. The van der Waals surface area contributed by atoms with Gasteiger partial charge in [0.05, 0.1) is 5.69 Å². The van der Waals surface area contributed by atoms with Crippen molar-refractivity contribution in [1.29, 1.82) is 0 Å². The van der Waals surface area contributed by atoms with Gasteiger partial charge in [0.15, 0.2) is 0 Å². The Morgan fingerprint density at radius 3 is 2.81 bits per heavy atom. The van der Waals surface area contributed by atoms with Crippen LogP contribution in [0.15, 0.2) is 29.9 Å². The van der Waals surface area contributed by atoms with Crippen LogP contribution >= 0.6 is 11.3 Å². The number of thiazole rings is 1. The zero-order chi connectivity index (χ0) is 14.5. The maximum atomic E-state index is 4.74. The zero-order valence-corrected chi connectivity index (χ0v) is 13.3. The largest absolute Gasteiger partial charge is 0.308 e. The smallest absolute Gasteiger partial charge is 0.107 e. The summed E-state index contributed by atoms with van der Waals surface area (Å²) in [5.74, 6) is 0. The molecule has 0 radical (unpaired) electrons. The molecule has 0 unspecified atom stereocenters. The van der Waals surface area contributed by atoms with E-state index in [9.17, 15) is 0 Å². The molecular weight excluding hydrogens is 280 g/mol. The molecule has 1 saturated carbocycles. The third kappa shape index (κ3) is 4.59. The van der Waals surface area contributed by atoms with Crippen molar-refractivity contribution >= 4 is 11.3 Å². The van der Waals surface area contributed by atoms with Crippen LogP contribution in [0.1, 0.15) is 36.0 Å². The third-order valence-electron chi connectivity index (χ3n) is 3.71. The summed E-state index contributed by atoms with van der Waals surface area (Å²) in [6.45, 7) is 6.01. The topological polar surface area (TPSA) is 41.1 Å². The van der Waals surface area contributed by atoms with Crippen molar-refractivity contribution in [2.24, 2.45) is 0 Å². The molecule has 2 heterocycles. The molecule has 0 spiro atoms. The highest BCUT2D eigenvalue weighted by atomic mass is 32.1. The lowest BCUT2D eigenvalue weighted by Gasteiger charge is -2.19. The summed E-state index contributed by atoms with van der Waals surface area (Å²) in [6, 6.07) is 4.90. The van der Waals surface area contributed by atoms with E-state index >= 15 is 0 Å². The SMILES string of the molecule is CCN(Cc1ccncc1)Cc1csc(CNC2CC2)n1. The Hall–Kier alpha value is -1.30. The van der Waals surface area contributed by atoms with Crippen molar-refractivity contribution in [3.05, 3.63) is 46.2 Å². The summed E-state index contributed by atoms with van der Waals surface area (Å²) in [7, 11) is 0. The fourth-order valence-electron chi connectivity index (χ4n) is 2.28. The highest BCUT2D eigenvalue weighted by Crippen LogP contribution is 2.20. The van der Waals surface area contributed by atoms with Crippen LogP contribution in [0, 0.1) is 0 Å². The second kappa shape index (κ2) is 7.11. The Morgan fingerprint density at radius 2 is 2.10 bits per heavy atom. The highest BCUT2D eigenvalue weighted by molar-refractivity contribution is 7.09. The van der Waals surface area contributed by atoms with Gasteiger partial charge in [-0.05, 0) is 37.1 Å². The summed E-state index contributed by atoms with van der Waals surface area (Å²) in [5, 5.41) is 6.92. The Balaban J connectivity index is 1.53. The number of rotatable bonds is 8. The van der Waals surface area contributed by atoms with Crippen LogP contribution in [-0.4, -0.2) is 27.5 Å². The molecule has 112 valence electrons. The van der Waals surface area contributed by atoms with Gasteiger partial charge in [-0.2, -0.15) is 0 Å². The Morgan fingerprint density at radius 1 is 1.29 bits per heavy atom. The lowest BCUT2D eigenvalue weighted by atomic mass is 10.2. The van der Waals surface area contributed by atoms with Crippen molar-refractivity contribution in [3.63, 3.8) is 0 Å². The molecule has 3 rings (SSSR count). The van der Waals surface area contributed by atoms with E-state index in [2.05, 4.69) is 39.6 Å². The highest BCUT2D eigenvalue weighted by Gasteiger charge is 2.20. The second-order valence-electron chi connectivity index (χ2n) is 5.55. The second-order valence-corrected chi connectivity index (χ2v) is 6.49. The summed E-state index contributed by atoms with van der Waals surface area (Å²) in [5.41, 5.74) is 2.49. The maximum Gasteiger partial charge on any atom is 0.107 e. The van der Waals surface area contributed by atoms with Gasteiger partial charge in [0.1, 0.15) is 5.01 Å². The number of hydrogen-bond donors (Lipinski definition) is 1. The van der Waals surface area contributed by atoms with Crippen LogP contribution in [-0.2, 0) is 19.6 Å².